The Morgan fingerprint density at radius 1 is 1.33 bits per heavy atom. The predicted molar refractivity (Wildman–Crippen MR) is 65.2 cm³/mol. The van der Waals surface area contributed by atoms with E-state index in [0.717, 1.165) is 13.2 Å². The van der Waals surface area contributed by atoms with Gasteiger partial charge in [0, 0.05) is 12.6 Å². The van der Waals surface area contributed by atoms with Crippen LogP contribution in [0.5, 0.6) is 0 Å². The minimum Gasteiger partial charge on any atom is -0.374 e. The van der Waals surface area contributed by atoms with E-state index >= 15 is 0 Å². The lowest BCUT2D eigenvalue weighted by atomic mass is 9.89. The molecule has 0 aliphatic carbocycles. The van der Waals surface area contributed by atoms with Gasteiger partial charge in [-0.15, -0.1) is 0 Å². The minimum atomic E-state index is 0.102. The molecule has 1 saturated heterocycles. The first-order chi connectivity index (χ1) is 7.23. The fourth-order valence-corrected chi connectivity index (χ4v) is 2.43. The van der Waals surface area contributed by atoms with Crippen LogP contribution in [0, 0.1) is 0 Å². The molecule has 2 nitrogen and oxygen atoms in total. The molecule has 0 radical (unpaired) electrons. The number of hydrogen-bond acceptors (Lipinski definition) is 2. The highest BCUT2D eigenvalue weighted by Crippen LogP contribution is 2.30. The van der Waals surface area contributed by atoms with Crippen LogP contribution < -0.4 is 5.32 Å². The third-order valence-electron chi connectivity index (χ3n) is 3.47. The van der Waals surface area contributed by atoms with E-state index in [1.165, 1.54) is 38.5 Å². The Hall–Kier alpha value is -0.0800. The highest BCUT2D eigenvalue weighted by molar-refractivity contribution is 4.92. The topological polar surface area (TPSA) is 21.3 Å². The standard InChI is InChI=1S/C13H27NO/c1-4-6-8-12(14-10-5-2)13(3)9-7-11-15-13/h12,14H,4-11H2,1-3H3. The van der Waals surface area contributed by atoms with Crippen molar-refractivity contribution in [2.75, 3.05) is 13.2 Å². The zero-order valence-corrected chi connectivity index (χ0v) is 10.6. The van der Waals surface area contributed by atoms with Gasteiger partial charge in [-0.3, -0.25) is 0 Å². The molecule has 0 aromatic carbocycles. The molecule has 1 aliphatic rings. The molecule has 0 amide bonds. The van der Waals surface area contributed by atoms with Crippen molar-refractivity contribution in [3.05, 3.63) is 0 Å². The molecule has 0 bridgehead atoms. The number of rotatable bonds is 7. The summed E-state index contributed by atoms with van der Waals surface area (Å²) in [6.45, 7) is 8.83. The molecule has 1 heterocycles. The van der Waals surface area contributed by atoms with Crippen LogP contribution in [0.15, 0.2) is 0 Å². The van der Waals surface area contributed by atoms with Gasteiger partial charge in [-0.2, -0.15) is 0 Å². The summed E-state index contributed by atoms with van der Waals surface area (Å²) < 4.78 is 5.93. The molecule has 90 valence electrons. The summed E-state index contributed by atoms with van der Waals surface area (Å²) >= 11 is 0. The fraction of sp³-hybridized carbons (Fsp3) is 1.00. The van der Waals surface area contributed by atoms with Gasteiger partial charge < -0.3 is 10.1 Å². The molecule has 2 atom stereocenters. The largest absolute Gasteiger partial charge is 0.374 e. The van der Waals surface area contributed by atoms with Gasteiger partial charge in [0.2, 0.25) is 0 Å². The van der Waals surface area contributed by atoms with Crippen molar-refractivity contribution in [2.24, 2.45) is 0 Å². The quantitative estimate of drug-likeness (QED) is 0.701. The van der Waals surface area contributed by atoms with E-state index in [1.54, 1.807) is 0 Å². The van der Waals surface area contributed by atoms with E-state index in [9.17, 15) is 0 Å². The summed E-state index contributed by atoms with van der Waals surface area (Å²) in [6, 6.07) is 0.555. The van der Waals surface area contributed by atoms with Crippen LogP contribution in [-0.4, -0.2) is 24.8 Å². The van der Waals surface area contributed by atoms with E-state index in [4.69, 9.17) is 4.74 Å². The third-order valence-corrected chi connectivity index (χ3v) is 3.47. The van der Waals surface area contributed by atoms with E-state index in [2.05, 4.69) is 26.1 Å². The summed E-state index contributed by atoms with van der Waals surface area (Å²) in [7, 11) is 0. The van der Waals surface area contributed by atoms with E-state index < -0.39 is 0 Å². The zero-order valence-electron chi connectivity index (χ0n) is 10.6. The van der Waals surface area contributed by atoms with E-state index in [1.807, 2.05) is 0 Å². The summed E-state index contributed by atoms with van der Waals surface area (Å²) in [5.41, 5.74) is 0.102. The Bertz CT molecular complexity index is 156. The molecule has 0 aromatic rings. The van der Waals surface area contributed by atoms with Crippen LogP contribution >= 0.6 is 0 Å². The van der Waals surface area contributed by atoms with Crippen molar-refractivity contribution < 1.29 is 4.74 Å². The number of unbranched alkanes of at least 4 members (excludes halogenated alkanes) is 1. The molecule has 2 heteroatoms. The van der Waals surface area contributed by atoms with Gasteiger partial charge in [-0.05, 0) is 39.2 Å². The van der Waals surface area contributed by atoms with Crippen LogP contribution in [0.25, 0.3) is 0 Å². The molecule has 0 aromatic heterocycles. The zero-order chi connectivity index (χ0) is 11.1. The second-order valence-electron chi connectivity index (χ2n) is 4.91. The van der Waals surface area contributed by atoms with Crippen molar-refractivity contribution in [1.82, 2.24) is 5.32 Å². The first-order valence-corrected chi connectivity index (χ1v) is 6.60. The van der Waals surface area contributed by atoms with Gasteiger partial charge in [0.25, 0.3) is 0 Å². The van der Waals surface area contributed by atoms with Gasteiger partial charge >= 0.3 is 0 Å². The average Bonchev–Trinajstić information content (AvgIpc) is 2.66. The molecule has 1 fully saturated rings. The number of nitrogens with one attached hydrogen (secondary N) is 1. The molecule has 1 aliphatic heterocycles. The van der Waals surface area contributed by atoms with Crippen LogP contribution in [0.4, 0.5) is 0 Å². The molecular formula is C13H27NO. The summed E-state index contributed by atoms with van der Waals surface area (Å²) in [4.78, 5) is 0. The maximum atomic E-state index is 5.93. The Morgan fingerprint density at radius 3 is 2.67 bits per heavy atom. The SMILES string of the molecule is CCCCC(NCCC)C1(C)CCCO1. The van der Waals surface area contributed by atoms with Crippen molar-refractivity contribution in [3.8, 4) is 0 Å². The number of hydrogen-bond donors (Lipinski definition) is 1. The van der Waals surface area contributed by atoms with Crippen LogP contribution in [0.1, 0.15) is 59.3 Å². The lowest BCUT2D eigenvalue weighted by Crippen LogP contribution is -2.48. The average molecular weight is 213 g/mol. The fourth-order valence-electron chi connectivity index (χ4n) is 2.43. The van der Waals surface area contributed by atoms with E-state index in [-0.39, 0.29) is 5.60 Å². The summed E-state index contributed by atoms with van der Waals surface area (Å²) in [5.74, 6) is 0. The monoisotopic (exact) mass is 213 g/mol. The maximum Gasteiger partial charge on any atom is 0.0807 e. The highest BCUT2D eigenvalue weighted by Gasteiger charge is 2.37. The van der Waals surface area contributed by atoms with Gasteiger partial charge in [0.15, 0.2) is 0 Å². The molecule has 0 saturated carbocycles. The first-order valence-electron chi connectivity index (χ1n) is 6.60. The molecular weight excluding hydrogens is 186 g/mol. The second kappa shape index (κ2) is 6.49. The van der Waals surface area contributed by atoms with E-state index in [0.29, 0.717) is 6.04 Å². The Kier molecular flexibility index (Phi) is 5.62. The third kappa shape index (κ3) is 3.76. The first kappa shape index (κ1) is 13.0. The molecule has 1 N–H and O–H groups in total. The minimum absolute atomic E-state index is 0.102. The summed E-state index contributed by atoms with van der Waals surface area (Å²) in [6.07, 6.45) is 7.50. The highest BCUT2D eigenvalue weighted by atomic mass is 16.5. The molecule has 1 rings (SSSR count). The van der Waals surface area contributed by atoms with Gasteiger partial charge in [-0.1, -0.05) is 26.7 Å². The van der Waals surface area contributed by atoms with Gasteiger partial charge in [0.1, 0.15) is 0 Å². The molecule has 0 spiro atoms. The molecule has 15 heavy (non-hydrogen) atoms. The van der Waals surface area contributed by atoms with Gasteiger partial charge in [0.05, 0.1) is 5.60 Å². The van der Waals surface area contributed by atoms with Crippen molar-refractivity contribution >= 4 is 0 Å². The van der Waals surface area contributed by atoms with Crippen molar-refractivity contribution in [3.63, 3.8) is 0 Å². The Morgan fingerprint density at radius 2 is 2.13 bits per heavy atom. The Balaban J connectivity index is 2.45. The lowest BCUT2D eigenvalue weighted by molar-refractivity contribution is -0.0143. The van der Waals surface area contributed by atoms with Crippen LogP contribution in [0.2, 0.25) is 0 Å². The van der Waals surface area contributed by atoms with Crippen molar-refractivity contribution in [1.29, 1.82) is 0 Å². The molecule has 2 unspecified atom stereocenters. The lowest BCUT2D eigenvalue weighted by Gasteiger charge is -2.34. The number of ether oxygens (including phenoxy) is 1. The van der Waals surface area contributed by atoms with Crippen molar-refractivity contribution in [2.45, 2.75) is 70.9 Å². The van der Waals surface area contributed by atoms with Gasteiger partial charge in [-0.25, -0.2) is 0 Å². The second-order valence-corrected chi connectivity index (χ2v) is 4.91. The smallest absolute Gasteiger partial charge is 0.0807 e. The predicted octanol–water partition coefficient (Wildman–Crippen LogP) is 3.11. The maximum absolute atomic E-state index is 5.93. The Labute approximate surface area is 94.8 Å². The normalized spacial score (nSPS) is 28.2. The van der Waals surface area contributed by atoms with Crippen LogP contribution in [-0.2, 0) is 4.74 Å². The summed E-state index contributed by atoms with van der Waals surface area (Å²) in [5, 5.41) is 3.66. The van der Waals surface area contributed by atoms with Crippen LogP contribution in [0.3, 0.4) is 0 Å².